The van der Waals surface area contributed by atoms with Crippen LogP contribution in [0.4, 0.5) is 10.1 Å². The first-order valence-corrected chi connectivity index (χ1v) is 15.8. The van der Waals surface area contributed by atoms with Crippen LogP contribution >= 0.6 is 15.9 Å². The number of carbonyl (C=O) groups excluding carboxylic acids is 1. The fourth-order valence-corrected chi connectivity index (χ4v) is 6.27. The van der Waals surface area contributed by atoms with Crippen LogP contribution in [-0.4, -0.2) is 33.0 Å². The van der Waals surface area contributed by atoms with Crippen LogP contribution in [0.1, 0.15) is 60.8 Å². The van der Waals surface area contributed by atoms with Crippen molar-refractivity contribution in [1.82, 2.24) is 14.2 Å². The number of nitrogens with one attached hydrogen (secondary N) is 1. The Bertz CT molecular complexity index is 1940. The highest BCUT2D eigenvalue weighted by Crippen LogP contribution is 2.32. The molecule has 1 amide bonds. The largest absolute Gasteiger partial charge is 0.484 e. The number of halogens is 2. The van der Waals surface area contributed by atoms with E-state index in [-0.39, 0.29) is 29.8 Å². The SMILES string of the molecule is Cc1cc(C=Nn2c(C3CCCCC3)nc3ccc(Br)cc3c2=O)c(C)n1-c1ccc(OCC(=O)Nc2ccc(F)cc2)cc1. The Hall–Kier alpha value is -4.57. The zero-order chi connectivity index (χ0) is 31.5. The highest BCUT2D eigenvalue weighted by atomic mass is 79.9. The van der Waals surface area contributed by atoms with Crippen molar-refractivity contribution >= 4 is 44.6 Å². The first-order valence-electron chi connectivity index (χ1n) is 15.0. The molecule has 2 aromatic heterocycles. The van der Waals surface area contributed by atoms with E-state index < -0.39 is 0 Å². The number of carbonyl (C=O) groups is 1. The molecule has 0 aliphatic heterocycles. The number of amides is 1. The van der Waals surface area contributed by atoms with Crippen molar-refractivity contribution < 1.29 is 13.9 Å². The minimum Gasteiger partial charge on any atom is -0.484 e. The van der Waals surface area contributed by atoms with Gasteiger partial charge in [-0.3, -0.25) is 9.59 Å². The van der Waals surface area contributed by atoms with Crippen molar-refractivity contribution in [2.75, 3.05) is 11.9 Å². The normalized spacial score (nSPS) is 13.9. The molecule has 2 heterocycles. The van der Waals surface area contributed by atoms with Gasteiger partial charge in [-0.1, -0.05) is 35.2 Å². The van der Waals surface area contributed by atoms with E-state index in [4.69, 9.17) is 14.8 Å². The van der Waals surface area contributed by atoms with Gasteiger partial charge in [0.1, 0.15) is 17.4 Å². The lowest BCUT2D eigenvalue weighted by atomic mass is 9.88. The van der Waals surface area contributed by atoms with Gasteiger partial charge in [0.05, 0.1) is 17.1 Å². The Morgan fingerprint density at radius 2 is 1.78 bits per heavy atom. The molecule has 1 fully saturated rings. The molecule has 1 N–H and O–H groups in total. The Kier molecular flexibility index (Phi) is 8.93. The maximum atomic E-state index is 13.7. The third kappa shape index (κ3) is 6.76. The first-order chi connectivity index (χ1) is 21.8. The van der Waals surface area contributed by atoms with Gasteiger partial charge in [-0.05, 0) is 99.5 Å². The number of aryl methyl sites for hydroxylation is 1. The molecule has 45 heavy (non-hydrogen) atoms. The van der Waals surface area contributed by atoms with Crippen LogP contribution in [0.25, 0.3) is 16.6 Å². The summed E-state index contributed by atoms with van der Waals surface area (Å²) in [6.45, 7) is 3.85. The molecule has 0 atom stereocenters. The van der Waals surface area contributed by atoms with Gasteiger partial charge in [0.2, 0.25) is 0 Å². The van der Waals surface area contributed by atoms with Gasteiger partial charge < -0.3 is 14.6 Å². The number of nitrogens with zero attached hydrogens (tertiary/aromatic N) is 4. The standard InChI is InChI=1S/C35H33BrFN5O3/c1-22-18-25(20-38-42-34(24-6-4-3-5-7-24)40-32-17-8-26(36)19-31(32)35(42)44)23(2)41(22)29-13-15-30(16-14-29)45-21-33(43)39-28-11-9-27(37)10-12-28/h8-20,24H,3-7,21H2,1-2H3,(H,39,43). The summed E-state index contributed by atoms with van der Waals surface area (Å²) in [5.74, 6) is 0.751. The fraction of sp³-hybridized carbons (Fsp3) is 0.257. The smallest absolute Gasteiger partial charge is 0.282 e. The topological polar surface area (TPSA) is 90.5 Å². The lowest BCUT2D eigenvalue weighted by Gasteiger charge is -2.22. The summed E-state index contributed by atoms with van der Waals surface area (Å²) >= 11 is 3.48. The highest BCUT2D eigenvalue weighted by Gasteiger charge is 2.23. The van der Waals surface area contributed by atoms with E-state index in [1.54, 1.807) is 12.3 Å². The van der Waals surface area contributed by atoms with E-state index in [2.05, 4.69) is 25.8 Å². The summed E-state index contributed by atoms with van der Waals surface area (Å²) in [5, 5.41) is 7.95. The molecule has 6 rings (SSSR count). The molecule has 0 radical (unpaired) electrons. The number of hydrogen-bond donors (Lipinski definition) is 1. The molecule has 0 spiro atoms. The Morgan fingerprint density at radius 1 is 1.04 bits per heavy atom. The number of hydrogen-bond acceptors (Lipinski definition) is 5. The third-order valence-corrected chi connectivity index (χ3v) is 8.67. The number of fused-ring (bicyclic) bond motifs is 1. The number of aromatic nitrogens is 3. The zero-order valence-electron chi connectivity index (χ0n) is 25.1. The minimum absolute atomic E-state index is 0.172. The van der Waals surface area contributed by atoms with Crippen molar-refractivity contribution in [3.05, 3.63) is 116 Å². The van der Waals surface area contributed by atoms with Gasteiger partial charge in [-0.15, -0.1) is 0 Å². The predicted octanol–water partition coefficient (Wildman–Crippen LogP) is 7.65. The molecular weight excluding hydrogens is 637 g/mol. The molecular formula is C35H33BrFN5O3. The predicted molar refractivity (Wildman–Crippen MR) is 178 cm³/mol. The lowest BCUT2D eigenvalue weighted by Crippen LogP contribution is -2.25. The number of anilines is 1. The minimum atomic E-state index is -0.369. The zero-order valence-corrected chi connectivity index (χ0v) is 26.7. The molecule has 0 unspecified atom stereocenters. The number of benzene rings is 3. The Labute approximate surface area is 268 Å². The summed E-state index contributed by atoms with van der Waals surface area (Å²) in [7, 11) is 0. The van der Waals surface area contributed by atoms with Crippen LogP contribution in [0.5, 0.6) is 5.75 Å². The molecule has 8 nitrogen and oxygen atoms in total. The average Bonchev–Trinajstić information content (AvgIpc) is 3.33. The number of ether oxygens (including phenoxy) is 1. The van der Waals surface area contributed by atoms with E-state index >= 15 is 0 Å². The Balaban J connectivity index is 1.22. The summed E-state index contributed by atoms with van der Waals surface area (Å²) in [6, 6.07) is 20.7. The van der Waals surface area contributed by atoms with Crippen molar-refractivity contribution in [1.29, 1.82) is 0 Å². The maximum absolute atomic E-state index is 13.7. The number of rotatable bonds is 8. The second-order valence-corrected chi connectivity index (χ2v) is 12.2. The van der Waals surface area contributed by atoms with E-state index in [1.165, 1.54) is 35.4 Å². The molecule has 230 valence electrons. The van der Waals surface area contributed by atoms with E-state index in [1.807, 2.05) is 56.3 Å². The van der Waals surface area contributed by atoms with E-state index in [0.717, 1.165) is 58.6 Å². The van der Waals surface area contributed by atoms with Gasteiger partial charge in [0.25, 0.3) is 11.5 Å². The molecule has 1 saturated carbocycles. The van der Waals surface area contributed by atoms with E-state index in [0.29, 0.717) is 22.3 Å². The van der Waals surface area contributed by atoms with Gasteiger partial charge in [-0.2, -0.15) is 9.78 Å². The van der Waals surface area contributed by atoms with Gasteiger partial charge >= 0.3 is 0 Å². The van der Waals surface area contributed by atoms with Crippen LogP contribution in [0.3, 0.4) is 0 Å². The van der Waals surface area contributed by atoms with Crippen molar-refractivity contribution in [2.24, 2.45) is 5.10 Å². The van der Waals surface area contributed by atoms with Crippen LogP contribution in [0.15, 0.2) is 87.2 Å². The summed E-state index contributed by atoms with van der Waals surface area (Å²) in [5.41, 5.74) is 4.79. The van der Waals surface area contributed by atoms with Crippen LogP contribution in [0.2, 0.25) is 0 Å². The van der Waals surface area contributed by atoms with Crippen molar-refractivity contribution in [2.45, 2.75) is 51.9 Å². The fourth-order valence-electron chi connectivity index (χ4n) is 5.91. The second-order valence-electron chi connectivity index (χ2n) is 11.3. The monoisotopic (exact) mass is 669 g/mol. The van der Waals surface area contributed by atoms with E-state index in [9.17, 15) is 14.0 Å². The molecule has 10 heteroatoms. The third-order valence-electron chi connectivity index (χ3n) is 8.18. The van der Waals surface area contributed by atoms with Gasteiger partial charge in [0.15, 0.2) is 6.61 Å². The van der Waals surface area contributed by atoms with Crippen LogP contribution < -0.4 is 15.6 Å². The van der Waals surface area contributed by atoms with Crippen LogP contribution in [0, 0.1) is 19.7 Å². The second kappa shape index (κ2) is 13.2. The summed E-state index contributed by atoms with van der Waals surface area (Å²) < 4.78 is 23.2. The summed E-state index contributed by atoms with van der Waals surface area (Å²) in [6.07, 6.45) is 7.19. The molecule has 0 saturated heterocycles. The molecule has 1 aliphatic rings. The lowest BCUT2D eigenvalue weighted by molar-refractivity contribution is -0.118. The molecule has 5 aromatic rings. The first kappa shape index (κ1) is 30.5. The highest BCUT2D eigenvalue weighted by molar-refractivity contribution is 9.10. The van der Waals surface area contributed by atoms with Gasteiger partial charge in [-0.25, -0.2) is 9.37 Å². The molecule has 3 aromatic carbocycles. The maximum Gasteiger partial charge on any atom is 0.282 e. The van der Waals surface area contributed by atoms with Crippen molar-refractivity contribution in [3.8, 4) is 11.4 Å². The Morgan fingerprint density at radius 3 is 2.51 bits per heavy atom. The quantitative estimate of drug-likeness (QED) is 0.172. The molecule has 1 aliphatic carbocycles. The van der Waals surface area contributed by atoms with Gasteiger partial charge in [0, 0.05) is 38.7 Å². The van der Waals surface area contributed by atoms with Crippen molar-refractivity contribution in [3.63, 3.8) is 0 Å². The average molecular weight is 671 g/mol. The summed E-state index contributed by atoms with van der Waals surface area (Å²) in [4.78, 5) is 30.9. The molecule has 0 bridgehead atoms. The van der Waals surface area contributed by atoms with Crippen LogP contribution in [-0.2, 0) is 4.79 Å².